The van der Waals surface area contributed by atoms with Gasteiger partial charge in [-0.1, -0.05) is 11.6 Å². The molecule has 1 aliphatic carbocycles. The first-order valence-corrected chi connectivity index (χ1v) is 9.90. The van der Waals surface area contributed by atoms with Crippen molar-refractivity contribution >= 4 is 11.6 Å². The number of piperidine rings is 1. The SMILES string of the molecule is O=C(CC1=CCCCC1)N1CCC[C@H](Nc2ccc3c(c2)OCCO3)C1. The maximum Gasteiger partial charge on any atom is 0.226 e. The molecular formula is C21H28N2O3. The summed E-state index contributed by atoms with van der Waals surface area (Å²) in [5, 5.41) is 3.58. The first-order valence-electron chi connectivity index (χ1n) is 9.90. The molecule has 1 fully saturated rings. The van der Waals surface area contributed by atoms with Crippen LogP contribution in [0.15, 0.2) is 29.8 Å². The van der Waals surface area contributed by atoms with Gasteiger partial charge in [0.1, 0.15) is 13.2 Å². The van der Waals surface area contributed by atoms with Gasteiger partial charge in [-0.05, 0) is 50.7 Å². The molecule has 0 saturated carbocycles. The summed E-state index contributed by atoms with van der Waals surface area (Å²) in [5.41, 5.74) is 2.37. The van der Waals surface area contributed by atoms with E-state index in [9.17, 15) is 4.79 Å². The van der Waals surface area contributed by atoms with Crippen molar-refractivity contribution in [2.45, 2.75) is 51.0 Å². The standard InChI is InChI=1S/C21H28N2O3/c24-21(13-16-5-2-1-3-6-16)23-10-4-7-18(15-23)22-17-8-9-19-20(14-17)26-12-11-25-19/h5,8-9,14,18,22H,1-4,6-7,10-13,15H2/t18-/m0/s1. The van der Waals surface area contributed by atoms with E-state index in [0.29, 0.717) is 19.6 Å². The number of allylic oxidation sites excluding steroid dienone is 1. The molecule has 0 radical (unpaired) electrons. The Kier molecular flexibility index (Phi) is 5.32. The molecule has 5 heteroatoms. The van der Waals surface area contributed by atoms with Gasteiger partial charge in [0, 0.05) is 37.3 Å². The Balaban J connectivity index is 1.34. The van der Waals surface area contributed by atoms with Crippen molar-refractivity contribution in [1.29, 1.82) is 0 Å². The van der Waals surface area contributed by atoms with Crippen molar-refractivity contribution in [3.63, 3.8) is 0 Å². The Hall–Kier alpha value is -2.17. The summed E-state index contributed by atoms with van der Waals surface area (Å²) in [4.78, 5) is 14.7. The van der Waals surface area contributed by atoms with Crippen molar-refractivity contribution in [3.8, 4) is 11.5 Å². The Morgan fingerprint density at radius 2 is 2.04 bits per heavy atom. The number of nitrogens with one attached hydrogen (secondary N) is 1. The predicted octanol–water partition coefficient (Wildman–Crippen LogP) is 3.75. The topological polar surface area (TPSA) is 50.8 Å². The monoisotopic (exact) mass is 356 g/mol. The van der Waals surface area contributed by atoms with Crippen molar-refractivity contribution in [2.24, 2.45) is 0 Å². The zero-order chi connectivity index (χ0) is 17.8. The number of benzene rings is 1. The van der Waals surface area contributed by atoms with Crippen LogP contribution in [0.3, 0.4) is 0 Å². The van der Waals surface area contributed by atoms with Crippen LogP contribution in [0, 0.1) is 0 Å². The van der Waals surface area contributed by atoms with E-state index >= 15 is 0 Å². The van der Waals surface area contributed by atoms with Crippen molar-refractivity contribution in [1.82, 2.24) is 4.90 Å². The molecule has 140 valence electrons. The molecule has 4 rings (SSSR count). The van der Waals surface area contributed by atoms with Crippen LogP contribution in [-0.2, 0) is 4.79 Å². The fourth-order valence-electron chi connectivity index (χ4n) is 4.06. The highest BCUT2D eigenvalue weighted by Gasteiger charge is 2.24. The van der Waals surface area contributed by atoms with Crippen LogP contribution in [-0.4, -0.2) is 43.2 Å². The van der Waals surface area contributed by atoms with Gasteiger partial charge >= 0.3 is 0 Å². The number of carbonyl (C=O) groups is 1. The fourth-order valence-corrected chi connectivity index (χ4v) is 4.06. The third-order valence-corrected chi connectivity index (χ3v) is 5.45. The highest BCUT2D eigenvalue weighted by Crippen LogP contribution is 2.33. The molecule has 2 heterocycles. The van der Waals surface area contributed by atoms with Gasteiger partial charge in [-0.25, -0.2) is 0 Å². The van der Waals surface area contributed by atoms with Gasteiger partial charge in [-0.15, -0.1) is 0 Å². The summed E-state index contributed by atoms with van der Waals surface area (Å²) >= 11 is 0. The number of carbonyl (C=O) groups excluding carboxylic acids is 1. The number of rotatable bonds is 4. The molecule has 1 N–H and O–H groups in total. The number of anilines is 1. The lowest BCUT2D eigenvalue weighted by molar-refractivity contribution is -0.131. The highest BCUT2D eigenvalue weighted by molar-refractivity contribution is 5.79. The molecule has 1 aromatic rings. The molecule has 0 unspecified atom stereocenters. The van der Waals surface area contributed by atoms with Crippen LogP contribution in [0.2, 0.25) is 0 Å². The lowest BCUT2D eigenvalue weighted by atomic mass is 9.96. The lowest BCUT2D eigenvalue weighted by Crippen LogP contribution is -2.45. The molecule has 1 amide bonds. The summed E-state index contributed by atoms with van der Waals surface area (Å²) in [6, 6.07) is 6.28. The Labute approximate surface area is 155 Å². The van der Waals surface area contributed by atoms with Gasteiger partial charge in [0.15, 0.2) is 11.5 Å². The minimum atomic E-state index is 0.284. The first-order chi connectivity index (χ1) is 12.8. The minimum absolute atomic E-state index is 0.284. The molecule has 0 aromatic heterocycles. The second-order valence-corrected chi connectivity index (χ2v) is 7.47. The van der Waals surface area contributed by atoms with Crippen LogP contribution in [0.25, 0.3) is 0 Å². The van der Waals surface area contributed by atoms with Crippen LogP contribution in [0.5, 0.6) is 11.5 Å². The maximum atomic E-state index is 12.7. The average molecular weight is 356 g/mol. The first kappa shape index (κ1) is 17.3. The third-order valence-electron chi connectivity index (χ3n) is 5.45. The van der Waals surface area contributed by atoms with Crippen molar-refractivity contribution in [2.75, 3.05) is 31.6 Å². The number of fused-ring (bicyclic) bond motifs is 1. The van der Waals surface area contributed by atoms with E-state index in [1.165, 1.54) is 18.4 Å². The van der Waals surface area contributed by atoms with E-state index in [1.54, 1.807) is 0 Å². The molecule has 2 aliphatic heterocycles. The van der Waals surface area contributed by atoms with E-state index in [0.717, 1.165) is 56.0 Å². The molecule has 0 spiro atoms. The summed E-state index contributed by atoms with van der Waals surface area (Å²) in [5.74, 6) is 1.89. The quantitative estimate of drug-likeness (QED) is 0.835. The summed E-state index contributed by atoms with van der Waals surface area (Å²) in [6.07, 6.45) is 9.74. The second kappa shape index (κ2) is 8.02. The van der Waals surface area contributed by atoms with Gasteiger partial charge in [0.2, 0.25) is 5.91 Å². The summed E-state index contributed by atoms with van der Waals surface area (Å²) in [7, 11) is 0. The number of hydrogen-bond acceptors (Lipinski definition) is 4. The molecule has 26 heavy (non-hydrogen) atoms. The fraction of sp³-hybridized carbons (Fsp3) is 0.571. The van der Waals surface area contributed by atoms with E-state index < -0.39 is 0 Å². The third kappa shape index (κ3) is 4.14. The van der Waals surface area contributed by atoms with Gasteiger partial charge in [0.25, 0.3) is 0 Å². The Bertz CT molecular complexity index is 686. The lowest BCUT2D eigenvalue weighted by Gasteiger charge is -2.34. The zero-order valence-electron chi connectivity index (χ0n) is 15.3. The van der Waals surface area contributed by atoms with Crippen LogP contribution < -0.4 is 14.8 Å². The van der Waals surface area contributed by atoms with Crippen molar-refractivity contribution in [3.05, 3.63) is 29.8 Å². The van der Waals surface area contributed by atoms with E-state index in [4.69, 9.17) is 9.47 Å². The van der Waals surface area contributed by atoms with Gasteiger partial charge in [0.05, 0.1) is 0 Å². The average Bonchev–Trinajstić information content (AvgIpc) is 2.69. The normalized spacial score (nSPS) is 22.5. The Morgan fingerprint density at radius 3 is 2.88 bits per heavy atom. The van der Waals surface area contributed by atoms with Crippen LogP contribution in [0.1, 0.15) is 44.9 Å². The number of nitrogens with zero attached hydrogens (tertiary/aromatic N) is 1. The molecule has 1 aromatic carbocycles. The number of hydrogen-bond donors (Lipinski definition) is 1. The van der Waals surface area contributed by atoms with Crippen LogP contribution in [0.4, 0.5) is 5.69 Å². The largest absolute Gasteiger partial charge is 0.486 e. The minimum Gasteiger partial charge on any atom is -0.486 e. The maximum absolute atomic E-state index is 12.7. The van der Waals surface area contributed by atoms with E-state index in [-0.39, 0.29) is 11.9 Å². The van der Waals surface area contributed by atoms with E-state index in [1.807, 2.05) is 23.1 Å². The molecule has 1 saturated heterocycles. The highest BCUT2D eigenvalue weighted by atomic mass is 16.6. The summed E-state index contributed by atoms with van der Waals surface area (Å²) in [6.45, 7) is 2.86. The van der Waals surface area contributed by atoms with Gasteiger partial charge in [-0.2, -0.15) is 0 Å². The van der Waals surface area contributed by atoms with Crippen LogP contribution >= 0.6 is 0 Å². The number of ether oxygens (including phenoxy) is 2. The smallest absolute Gasteiger partial charge is 0.226 e. The predicted molar refractivity (Wildman–Crippen MR) is 102 cm³/mol. The number of likely N-dealkylation sites (tertiary alicyclic amines) is 1. The van der Waals surface area contributed by atoms with E-state index in [2.05, 4.69) is 11.4 Å². The molecule has 3 aliphatic rings. The van der Waals surface area contributed by atoms with Gasteiger partial charge < -0.3 is 19.7 Å². The molecule has 1 atom stereocenters. The van der Waals surface area contributed by atoms with Gasteiger partial charge in [-0.3, -0.25) is 4.79 Å². The molecule has 0 bridgehead atoms. The molecule has 5 nitrogen and oxygen atoms in total. The Morgan fingerprint density at radius 1 is 1.15 bits per heavy atom. The summed E-state index contributed by atoms with van der Waals surface area (Å²) < 4.78 is 11.2. The second-order valence-electron chi connectivity index (χ2n) is 7.47. The van der Waals surface area contributed by atoms with Crippen molar-refractivity contribution < 1.29 is 14.3 Å². The zero-order valence-corrected chi connectivity index (χ0v) is 15.3. The number of amides is 1. The molecular weight excluding hydrogens is 328 g/mol.